The van der Waals surface area contributed by atoms with E-state index >= 15 is 0 Å². The molecule has 0 atom stereocenters. The summed E-state index contributed by atoms with van der Waals surface area (Å²) in [7, 11) is -1.53. The SMILES string of the molecule is C=CC=C.OB(O)c1ccc2c(c1)c1ccccc1n2-c1cnc(-c2ccccc2)nc1-c1ccccc1. The van der Waals surface area contributed by atoms with Gasteiger partial charge < -0.3 is 14.6 Å². The Labute approximate surface area is 221 Å². The van der Waals surface area contributed by atoms with Crippen molar-refractivity contribution in [1.29, 1.82) is 0 Å². The molecule has 0 amide bonds. The average molecular weight is 495 g/mol. The van der Waals surface area contributed by atoms with E-state index in [1.165, 1.54) is 0 Å². The van der Waals surface area contributed by atoms with E-state index in [-0.39, 0.29) is 0 Å². The fraction of sp³-hybridized carbons (Fsp3) is 0. The van der Waals surface area contributed by atoms with Crippen LogP contribution in [0.3, 0.4) is 0 Å². The molecule has 5 nitrogen and oxygen atoms in total. The third-order valence-corrected chi connectivity index (χ3v) is 6.25. The minimum absolute atomic E-state index is 0.453. The number of para-hydroxylation sites is 1. The van der Waals surface area contributed by atoms with E-state index < -0.39 is 7.12 Å². The van der Waals surface area contributed by atoms with E-state index in [1.807, 2.05) is 85.1 Å². The highest BCUT2D eigenvalue weighted by Crippen LogP contribution is 2.35. The molecule has 6 heteroatoms. The molecule has 2 heterocycles. The molecule has 6 aromatic rings. The van der Waals surface area contributed by atoms with Crippen LogP contribution in [-0.2, 0) is 0 Å². The molecule has 0 aliphatic carbocycles. The molecule has 0 aliphatic heterocycles. The third-order valence-electron chi connectivity index (χ3n) is 6.25. The third kappa shape index (κ3) is 4.78. The van der Waals surface area contributed by atoms with Crippen LogP contribution in [-0.4, -0.2) is 31.7 Å². The first kappa shape index (κ1) is 24.9. The van der Waals surface area contributed by atoms with Gasteiger partial charge in [-0.15, -0.1) is 0 Å². The summed E-state index contributed by atoms with van der Waals surface area (Å²) in [4.78, 5) is 9.76. The van der Waals surface area contributed by atoms with Crippen molar-refractivity contribution in [2.24, 2.45) is 0 Å². The Morgan fingerprint density at radius 2 is 1.29 bits per heavy atom. The number of allylic oxidation sites excluding steroid dienone is 2. The lowest BCUT2D eigenvalue weighted by Crippen LogP contribution is -2.29. The number of rotatable bonds is 5. The predicted molar refractivity (Wildman–Crippen MR) is 157 cm³/mol. The van der Waals surface area contributed by atoms with Crippen molar-refractivity contribution < 1.29 is 10.0 Å². The average Bonchev–Trinajstić information content (AvgIpc) is 3.31. The van der Waals surface area contributed by atoms with Gasteiger partial charge in [0, 0.05) is 21.9 Å². The van der Waals surface area contributed by atoms with Crippen LogP contribution in [0.2, 0.25) is 0 Å². The highest BCUT2D eigenvalue weighted by Gasteiger charge is 2.20. The van der Waals surface area contributed by atoms with Crippen LogP contribution < -0.4 is 5.46 Å². The van der Waals surface area contributed by atoms with Gasteiger partial charge in [0.25, 0.3) is 0 Å². The fourth-order valence-corrected chi connectivity index (χ4v) is 4.48. The molecule has 2 aromatic heterocycles. The lowest BCUT2D eigenvalue weighted by molar-refractivity contribution is 0.426. The van der Waals surface area contributed by atoms with Gasteiger partial charge in [-0.05, 0) is 17.6 Å². The van der Waals surface area contributed by atoms with E-state index in [1.54, 1.807) is 18.2 Å². The predicted octanol–water partition coefficient (Wildman–Crippen LogP) is 5.95. The van der Waals surface area contributed by atoms with E-state index in [0.29, 0.717) is 11.3 Å². The molecule has 0 unspecified atom stereocenters. The molecule has 0 fully saturated rings. The molecule has 4 aromatic carbocycles. The Kier molecular flexibility index (Phi) is 7.27. The monoisotopic (exact) mass is 495 g/mol. The van der Waals surface area contributed by atoms with Crippen LogP contribution in [0.15, 0.2) is 135 Å². The lowest BCUT2D eigenvalue weighted by atomic mass is 9.80. The van der Waals surface area contributed by atoms with E-state index in [2.05, 4.69) is 35.9 Å². The summed E-state index contributed by atoms with van der Waals surface area (Å²) in [5, 5.41) is 21.4. The van der Waals surface area contributed by atoms with Crippen molar-refractivity contribution in [2.75, 3.05) is 0 Å². The van der Waals surface area contributed by atoms with Gasteiger partial charge in [-0.3, -0.25) is 0 Å². The van der Waals surface area contributed by atoms with Gasteiger partial charge in [0.05, 0.1) is 28.6 Å². The number of benzene rings is 4. The second-order valence-corrected chi connectivity index (χ2v) is 8.63. The molecule has 2 N–H and O–H groups in total. The van der Waals surface area contributed by atoms with Crippen molar-refractivity contribution in [3.8, 4) is 28.3 Å². The van der Waals surface area contributed by atoms with Gasteiger partial charge in [-0.25, -0.2) is 9.97 Å². The van der Waals surface area contributed by atoms with E-state index in [0.717, 1.165) is 44.3 Å². The summed E-state index contributed by atoms with van der Waals surface area (Å²) < 4.78 is 2.15. The summed E-state index contributed by atoms with van der Waals surface area (Å²) in [6, 6.07) is 33.6. The normalized spacial score (nSPS) is 10.6. The number of fused-ring (bicyclic) bond motifs is 3. The maximum Gasteiger partial charge on any atom is 0.488 e. The molecule has 0 radical (unpaired) electrons. The zero-order valence-electron chi connectivity index (χ0n) is 20.8. The largest absolute Gasteiger partial charge is 0.488 e. The summed E-state index contributed by atoms with van der Waals surface area (Å²) in [6.07, 6.45) is 5.15. The molecule has 0 saturated heterocycles. The quantitative estimate of drug-likeness (QED) is 0.229. The molecule has 0 saturated carbocycles. The summed E-state index contributed by atoms with van der Waals surface area (Å²) >= 11 is 0. The first-order valence-electron chi connectivity index (χ1n) is 12.2. The van der Waals surface area contributed by atoms with Gasteiger partial charge in [0.2, 0.25) is 0 Å². The zero-order valence-corrected chi connectivity index (χ0v) is 20.8. The summed E-state index contributed by atoms with van der Waals surface area (Å²) in [5.74, 6) is 0.662. The molecular formula is C32H26BN3O2. The van der Waals surface area contributed by atoms with E-state index in [4.69, 9.17) is 9.97 Å². The Balaban J connectivity index is 0.000000689. The van der Waals surface area contributed by atoms with Crippen molar-refractivity contribution >= 4 is 34.4 Å². The minimum atomic E-state index is -1.53. The molecular weight excluding hydrogens is 469 g/mol. The van der Waals surface area contributed by atoms with Crippen LogP contribution >= 0.6 is 0 Å². The molecule has 0 bridgehead atoms. The Bertz CT molecular complexity index is 1720. The molecule has 0 spiro atoms. The number of hydrogen-bond acceptors (Lipinski definition) is 4. The number of hydrogen-bond donors (Lipinski definition) is 2. The van der Waals surface area contributed by atoms with Crippen molar-refractivity contribution in [3.63, 3.8) is 0 Å². The number of nitrogens with zero attached hydrogens (tertiary/aromatic N) is 3. The van der Waals surface area contributed by atoms with Crippen LogP contribution in [0.5, 0.6) is 0 Å². The molecule has 6 rings (SSSR count). The highest BCUT2D eigenvalue weighted by molar-refractivity contribution is 6.59. The van der Waals surface area contributed by atoms with Crippen molar-refractivity contribution in [1.82, 2.24) is 14.5 Å². The minimum Gasteiger partial charge on any atom is -0.423 e. The highest BCUT2D eigenvalue weighted by atomic mass is 16.4. The molecule has 184 valence electrons. The smallest absolute Gasteiger partial charge is 0.423 e. The maximum atomic E-state index is 9.74. The van der Waals surface area contributed by atoms with E-state index in [9.17, 15) is 10.0 Å². The van der Waals surface area contributed by atoms with Crippen LogP contribution in [0.25, 0.3) is 50.1 Å². The summed E-state index contributed by atoms with van der Waals surface area (Å²) in [5.41, 5.74) is 6.02. The summed E-state index contributed by atoms with van der Waals surface area (Å²) in [6.45, 7) is 6.72. The Morgan fingerprint density at radius 3 is 1.95 bits per heavy atom. The lowest BCUT2D eigenvalue weighted by Gasteiger charge is -2.14. The van der Waals surface area contributed by atoms with Gasteiger partial charge in [-0.2, -0.15) is 0 Å². The number of aromatic nitrogens is 3. The van der Waals surface area contributed by atoms with Gasteiger partial charge in [-0.1, -0.05) is 116 Å². The van der Waals surface area contributed by atoms with Crippen LogP contribution in [0.4, 0.5) is 0 Å². The fourth-order valence-electron chi connectivity index (χ4n) is 4.48. The Morgan fingerprint density at radius 1 is 0.684 bits per heavy atom. The van der Waals surface area contributed by atoms with Gasteiger partial charge in [0.1, 0.15) is 0 Å². The molecule has 38 heavy (non-hydrogen) atoms. The van der Waals surface area contributed by atoms with Gasteiger partial charge in [0.15, 0.2) is 5.82 Å². The standard InChI is InChI=1S/C28H20BN3O2.C4H6/c33-29(34)21-15-16-25-23(17-21)22-13-7-8-14-24(22)32(25)26-18-30-28(20-11-5-2-6-12-20)31-27(26)19-9-3-1-4-10-19;1-3-4-2/h1-18,33-34H;3-4H,1-2H2. The van der Waals surface area contributed by atoms with Crippen molar-refractivity contribution in [2.45, 2.75) is 0 Å². The maximum absolute atomic E-state index is 9.74. The second kappa shape index (κ2) is 11.1. The van der Waals surface area contributed by atoms with Crippen LogP contribution in [0, 0.1) is 0 Å². The first-order chi connectivity index (χ1) is 18.6. The second-order valence-electron chi connectivity index (χ2n) is 8.63. The topological polar surface area (TPSA) is 71.2 Å². The Hall–Kier alpha value is -4.78. The van der Waals surface area contributed by atoms with Gasteiger partial charge >= 0.3 is 7.12 Å². The van der Waals surface area contributed by atoms with Crippen LogP contribution in [0.1, 0.15) is 0 Å². The van der Waals surface area contributed by atoms with Crippen molar-refractivity contribution in [3.05, 3.63) is 135 Å². The first-order valence-corrected chi connectivity index (χ1v) is 12.2. The molecule has 0 aliphatic rings. The zero-order chi connectivity index (χ0) is 26.5.